The van der Waals surface area contributed by atoms with Crippen molar-refractivity contribution in [2.75, 3.05) is 5.73 Å². The van der Waals surface area contributed by atoms with Crippen molar-refractivity contribution in [3.05, 3.63) is 42.0 Å². The first-order valence-corrected chi connectivity index (χ1v) is 7.04. The van der Waals surface area contributed by atoms with Crippen molar-refractivity contribution < 1.29 is 4.42 Å². The van der Waals surface area contributed by atoms with Crippen molar-refractivity contribution >= 4 is 37.8 Å². The molecule has 0 saturated heterocycles. The molecule has 0 aliphatic carbocycles. The van der Waals surface area contributed by atoms with Crippen LogP contribution in [-0.4, -0.2) is 9.97 Å². The van der Waals surface area contributed by atoms with E-state index in [9.17, 15) is 0 Å². The number of rotatable bonds is 1. The number of thiazole rings is 1. The molecule has 0 amide bonds. The zero-order chi connectivity index (χ0) is 13.7. The predicted octanol–water partition coefficient (Wildman–Crippen LogP) is 4.00. The van der Waals surface area contributed by atoms with Crippen LogP contribution in [0.5, 0.6) is 0 Å². The van der Waals surface area contributed by atoms with Crippen molar-refractivity contribution in [2.45, 2.75) is 6.92 Å². The maximum absolute atomic E-state index is 5.83. The molecule has 2 aromatic carbocycles. The Morgan fingerprint density at radius 3 is 2.80 bits per heavy atom. The Morgan fingerprint density at radius 2 is 1.90 bits per heavy atom. The maximum Gasteiger partial charge on any atom is 0.227 e. The van der Waals surface area contributed by atoms with Gasteiger partial charge in [-0.1, -0.05) is 17.4 Å². The average Bonchev–Trinajstić information content (AvgIpc) is 2.99. The number of aromatic nitrogens is 2. The molecule has 0 spiro atoms. The van der Waals surface area contributed by atoms with Gasteiger partial charge in [0, 0.05) is 5.56 Å². The van der Waals surface area contributed by atoms with E-state index in [1.807, 2.05) is 43.3 Å². The lowest BCUT2D eigenvalue weighted by Gasteiger charge is -1.94. The van der Waals surface area contributed by atoms with E-state index < -0.39 is 0 Å². The Kier molecular flexibility index (Phi) is 2.31. The maximum atomic E-state index is 5.83. The number of nitrogens with two attached hydrogens (primary N) is 1. The number of aryl methyl sites for hydroxylation is 1. The van der Waals surface area contributed by atoms with Crippen molar-refractivity contribution in [3.8, 4) is 11.5 Å². The van der Waals surface area contributed by atoms with Crippen LogP contribution in [0.1, 0.15) is 5.56 Å². The number of anilines is 1. The molecule has 2 aromatic heterocycles. The second-order valence-corrected chi connectivity index (χ2v) is 5.79. The summed E-state index contributed by atoms with van der Waals surface area (Å²) in [5, 5.41) is 0.574. The second kappa shape index (κ2) is 4.05. The fourth-order valence-electron chi connectivity index (χ4n) is 2.23. The topological polar surface area (TPSA) is 64.9 Å². The molecule has 5 heteroatoms. The molecule has 0 radical (unpaired) electrons. The van der Waals surface area contributed by atoms with Gasteiger partial charge in [-0.05, 0) is 42.8 Å². The first-order chi connectivity index (χ1) is 9.69. The number of hydrogen-bond donors (Lipinski definition) is 1. The third kappa shape index (κ3) is 1.75. The smallest absolute Gasteiger partial charge is 0.227 e. The van der Waals surface area contributed by atoms with Crippen LogP contribution in [0, 0.1) is 6.92 Å². The minimum atomic E-state index is 0.574. The highest BCUT2D eigenvalue weighted by Crippen LogP contribution is 2.30. The summed E-state index contributed by atoms with van der Waals surface area (Å²) in [4.78, 5) is 8.77. The number of oxazole rings is 1. The van der Waals surface area contributed by atoms with Gasteiger partial charge >= 0.3 is 0 Å². The SMILES string of the molecule is Cc1ccc2nc(-c3ccc4nc(N)sc4c3)oc2c1. The van der Waals surface area contributed by atoms with Gasteiger partial charge < -0.3 is 10.2 Å². The lowest BCUT2D eigenvalue weighted by Crippen LogP contribution is -1.79. The van der Waals surface area contributed by atoms with E-state index in [2.05, 4.69) is 9.97 Å². The highest BCUT2D eigenvalue weighted by atomic mass is 32.1. The molecular weight excluding hydrogens is 270 g/mol. The van der Waals surface area contributed by atoms with Gasteiger partial charge in [0.15, 0.2) is 10.7 Å². The van der Waals surface area contributed by atoms with Crippen LogP contribution in [-0.2, 0) is 0 Å². The van der Waals surface area contributed by atoms with Crippen LogP contribution in [0.2, 0.25) is 0 Å². The molecule has 0 bridgehead atoms. The molecule has 98 valence electrons. The second-order valence-electron chi connectivity index (χ2n) is 4.72. The Labute approximate surface area is 118 Å². The van der Waals surface area contributed by atoms with E-state index in [1.165, 1.54) is 11.3 Å². The Balaban J connectivity index is 1.90. The number of hydrogen-bond acceptors (Lipinski definition) is 5. The third-order valence-corrected chi connectivity index (χ3v) is 4.04. The molecule has 0 saturated carbocycles. The molecule has 4 nitrogen and oxygen atoms in total. The molecule has 2 N–H and O–H groups in total. The largest absolute Gasteiger partial charge is 0.436 e. The lowest BCUT2D eigenvalue weighted by molar-refractivity contribution is 0.620. The summed E-state index contributed by atoms with van der Waals surface area (Å²) in [6, 6.07) is 11.9. The molecule has 0 atom stereocenters. The summed E-state index contributed by atoms with van der Waals surface area (Å²) in [5.74, 6) is 0.625. The number of fused-ring (bicyclic) bond motifs is 2. The quantitative estimate of drug-likeness (QED) is 0.573. The Hall–Kier alpha value is -2.40. The molecule has 4 aromatic rings. The Bertz CT molecular complexity index is 939. The third-order valence-electron chi connectivity index (χ3n) is 3.20. The van der Waals surface area contributed by atoms with Crippen LogP contribution in [0.3, 0.4) is 0 Å². The van der Waals surface area contributed by atoms with Crippen LogP contribution >= 0.6 is 11.3 Å². The van der Waals surface area contributed by atoms with E-state index in [-0.39, 0.29) is 0 Å². The van der Waals surface area contributed by atoms with Gasteiger partial charge in [0.2, 0.25) is 5.89 Å². The first-order valence-electron chi connectivity index (χ1n) is 6.23. The van der Waals surface area contributed by atoms with Gasteiger partial charge in [-0.2, -0.15) is 0 Å². The summed E-state index contributed by atoms with van der Waals surface area (Å²) in [5.41, 5.74) is 10.4. The normalized spacial score (nSPS) is 11.4. The molecular formula is C15H11N3OS. The summed E-state index contributed by atoms with van der Waals surface area (Å²) in [6.07, 6.45) is 0. The van der Waals surface area contributed by atoms with E-state index in [4.69, 9.17) is 10.2 Å². The standard InChI is InChI=1S/C15H11N3OS/c1-8-2-4-10-12(6-8)19-14(17-10)9-3-5-11-13(7-9)20-15(16)18-11/h2-7H,1H3,(H2,16,18). The summed E-state index contributed by atoms with van der Waals surface area (Å²) < 4.78 is 6.87. The van der Waals surface area contributed by atoms with Gasteiger partial charge in [0.25, 0.3) is 0 Å². The van der Waals surface area contributed by atoms with Gasteiger partial charge in [-0.25, -0.2) is 9.97 Å². The van der Waals surface area contributed by atoms with Crippen LogP contribution in [0.15, 0.2) is 40.8 Å². The fraction of sp³-hybridized carbons (Fsp3) is 0.0667. The summed E-state index contributed by atoms with van der Waals surface area (Å²) in [7, 11) is 0. The predicted molar refractivity (Wildman–Crippen MR) is 81.8 cm³/mol. The zero-order valence-corrected chi connectivity index (χ0v) is 11.6. The van der Waals surface area contributed by atoms with Gasteiger partial charge in [0.05, 0.1) is 10.2 Å². The lowest BCUT2D eigenvalue weighted by atomic mass is 10.2. The summed E-state index contributed by atoms with van der Waals surface area (Å²) in [6.45, 7) is 2.04. The van der Waals surface area contributed by atoms with Crippen molar-refractivity contribution in [1.82, 2.24) is 9.97 Å². The molecule has 0 fully saturated rings. The van der Waals surface area contributed by atoms with Crippen molar-refractivity contribution in [1.29, 1.82) is 0 Å². The number of nitrogens with zero attached hydrogens (tertiary/aromatic N) is 2. The number of nitrogen functional groups attached to an aromatic ring is 1. The fourth-order valence-corrected chi connectivity index (χ4v) is 3.00. The van der Waals surface area contributed by atoms with Gasteiger partial charge in [0.1, 0.15) is 5.52 Å². The highest BCUT2D eigenvalue weighted by molar-refractivity contribution is 7.22. The molecule has 0 aliphatic rings. The molecule has 2 heterocycles. The number of benzene rings is 2. The van der Waals surface area contributed by atoms with E-state index >= 15 is 0 Å². The minimum Gasteiger partial charge on any atom is -0.436 e. The van der Waals surface area contributed by atoms with Crippen LogP contribution in [0.4, 0.5) is 5.13 Å². The molecule has 20 heavy (non-hydrogen) atoms. The van der Waals surface area contributed by atoms with Crippen molar-refractivity contribution in [3.63, 3.8) is 0 Å². The van der Waals surface area contributed by atoms with E-state index in [0.717, 1.165) is 32.4 Å². The molecule has 0 unspecified atom stereocenters. The zero-order valence-electron chi connectivity index (χ0n) is 10.8. The van der Waals surface area contributed by atoms with E-state index in [0.29, 0.717) is 11.0 Å². The van der Waals surface area contributed by atoms with Gasteiger partial charge in [-0.3, -0.25) is 0 Å². The van der Waals surface area contributed by atoms with E-state index in [1.54, 1.807) is 0 Å². The highest BCUT2D eigenvalue weighted by Gasteiger charge is 2.10. The van der Waals surface area contributed by atoms with Crippen LogP contribution in [0.25, 0.3) is 32.8 Å². The van der Waals surface area contributed by atoms with Gasteiger partial charge in [-0.15, -0.1) is 0 Å². The monoisotopic (exact) mass is 281 g/mol. The average molecular weight is 281 g/mol. The summed E-state index contributed by atoms with van der Waals surface area (Å²) >= 11 is 1.47. The molecule has 0 aliphatic heterocycles. The minimum absolute atomic E-state index is 0.574. The molecule has 4 rings (SSSR count). The van der Waals surface area contributed by atoms with Crippen molar-refractivity contribution in [2.24, 2.45) is 0 Å². The first kappa shape index (κ1) is 11.4. The van der Waals surface area contributed by atoms with Crippen LogP contribution < -0.4 is 5.73 Å². The Morgan fingerprint density at radius 1 is 1.05 bits per heavy atom.